The van der Waals surface area contributed by atoms with Crippen molar-refractivity contribution in [3.05, 3.63) is 33.6 Å². The van der Waals surface area contributed by atoms with Crippen molar-refractivity contribution in [2.45, 2.75) is 52.2 Å². The van der Waals surface area contributed by atoms with E-state index in [2.05, 4.69) is 6.92 Å². The van der Waals surface area contributed by atoms with E-state index in [1.54, 1.807) is 0 Å². The normalized spacial score (nSPS) is 38.7. The maximum Gasteiger partial charge on any atom is 0.334 e. The molecule has 0 aromatic carbocycles. The second-order valence-corrected chi connectivity index (χ2v) is 8.39. The first-order valence-corrected chi connectivity index (χ1v) is 9.28. The summed E-state index contributed by atoms with van der Waals surface area (Å²) in [5.41, 5.74) is 3.37. The average Bonchev–Trinajstić information content (AvgIpc) is 2.94. The molecule has 1 N–H and O–H groups in total. The van der Waals surface area contributed by atoms with E-state index < -0.39 is 11.5 Å². The molecule has 0 bridgehead atoms. The summed E-state index contributed by atoms with van der Waals surface area (Å²) in [6, 6.07) is 0. The molecule has 2 heterocycles. The van der Waals surface area contributed by atoms with Crippen LogP contribution < -0.4 is 0 Å². The Balaban J connectivity index is 1.73. The first-order chi connectivity index (χ1) is 12.4. The van der Waals surface area contributed by atoms with Crippen molar-refractivity contribution < 1.29 is 29.2 Å². The third-order valence-corrected chi connectivity index (χ3v) is 6.94. The van der Waals surface area contributed by atoms with Gasteiger partial charge in [0.15, 0.2) is 11.9 Å². The minimum Gasteiger partial charge on any atom is -0.507 e. The number of Topliss-reactive ketones (excluding diaryl/α,β-unsaturated/α-hetero) is 1. The number of esters is 1. The fourth-order valence-electron chi connectivity index (χ4n) is 5.69. The van der Waals surface area contributed by atoms with E-state index in [4.69, 9.17) is 14.5 Å². The molecule has 0 saturated carbocycles. The molecule has 0 spiro atoms. The van der Waals surface area contributed by atoms with Crippen molar-refractivity contribution in [2.24, 2.45) is 17.3 Å². The third kappa shape index (κ3) is 1.74. The Morgan fingerprint density at radius 1 is 1.19 bits per heavy atom. The fourth-order valence-corrected chi connectivity index (χ4v) is 5.69. The summed E-state index contributed by atoms with van der Waals surface area (Å²) in [5.74, 6) is -0.384. The molecule has 0 unspecified atom stereocenters. The monoisotopic (exact) mass is 358 g/mol. The van der Waals surface area contributed by atoms with E-state index in [9.17, 15) is 14.7 Å². The second-order valence-electron chi connectivity index (χ2n) is 8.39. The van der Waals surface area contributed by atoms with Gasteiger partial charge < -0.3 is 9.84 Å². The summed E-state index contributed by atoms with van der Waals surface area (Å²) in [6.45, 7) is 6.20. The zero-order valence-corrected chi connectivity index (χ0v) is 15.1. The molecule has 1 saturated heterocycles. The smallest absolute Gasteiger partial charge is 0.334 e. The average molecular weight is 358 g/mol. The molecule has 5 rings (SSSR count). The SMILES string of the molecule is CC(C)C1=C(O)C2=C3[C@H](OO[C@@H]4CC5=C(COC5=O)[C@H](CC2)[C@@]34C)C1=O. The largest absolute Gasteiger partial charge is 0.507 e. The summed E-state index contributed by atoms with van der Waals surface area (Å²) in [4.78, 5) is 36.4. The molecule has 0 radical (unpaired) electrons. The van der Waals surface area contributed by atoms with Crippen molar-refractivity contribution >= 4 is 11.8 Å². The van der Waals surface area contributed by atoms with Crippen LogP contribution in [0.25, 0.3) is 0 Å². The van der Waals surface area contributed by atoms with Gasteiger partial charge in [-0.05, 0) is 41.4 Å². The van der Waals surface area contributed by atoms with Crippen LogP contribution in [0.5, 0.6) is 0 Å². The van der Waals surface area contributed by atoms with Gasteiger partial charge in [-0.3, -0.25) is 4.79 Å². The third-order valence-electron chi connectivity index (χ3n) is 6.94. The van der Waals surface area contributed by atoms with Crippen LogP contribution in [-0.4, -0.2) is 35.7 Å². The minimum absolute atomic E-state index is 0.0639. The van der Waals surface area contributed by atoms with Gasteiger partial charge >= 0.3 is 5.97 Å². The van der Waals surface area contributed by atoms with Crippen LogP contribution in [0.4, 0.5) is 0 Å². The van der Waals surface area contributed by atoms with Crippen LogP contribution >= 0.6 is 0 Å². The minimum atomic E-state index is -0.803. The summed E-state index contributed by atoms with van der Waals surface area (Å²) in [6.07, 6.45) is 0.700. The molecule has 138 valence electrons. The molecule has 0 aromatic rings. The zero-order valence-electron chi connectivity index (χ0n) is 15.1. The molecule has 3 aliphatic carbocycles. The molecule has 0 amide bonds. The number of rotatable bonds is 1. The lowest BCUT2D eigenvalue weighted by Gasteiger charge is -2.56. The number of fused-ring (bicyclic) bond motifs is 1. The Hall–Kier alpha value is -1.92. The van der Waals surface area contributed by atoms with E-state index in [1.807, 2.05) is 13.8 Å². The Bertz CT molecular complexity index is 844. The van der Waals surface area contributed by atoms with E-state index >= 15 is 0 Å². The Labute approximate surface area is 151 Å². The van der Waals surface area contributed by atoms with Crippen LogP contribution in [0.1, 0.15) is 40.0 Å². The topological polar surface area (TPSA) is 82.1 Å². The highest BCUT2D eigenvalue weighted by Gasteiger charge is 2.62. The second kappa shape index (κ2) is 5.08. The van der Waals surface area contributed by atoms with Crippen LogP contribution in [-0.2, 0) is 24.1 Å². The van der Waals surface area contributed by atoms with Gasteiger partial charge in [0.2, 0.25) is 0 Å². The first kappa shape index (κ1) is 16.3. The molecule has 26 heavy (non-hydrogen) atoms. The fraction of sp³-hybridized carbons (Fsp3) is 0.600. The highest BCUT2D eigenvalue weighted by atomic mass is 17.2. The summed E-state index contributed by atoms with van der Waals surface area (Å²) in [7, 11) is 0. The quantitative estimate of drug-likeness (QED) is 0.573. The first-order valence-electron chi connectivity index (χ1n) is 9.28. The molecule has 4 atom stereocenters. The number of cyclic esters (lactones) is 1. The molecular weight excluding hydrogens is 336 g/mol. The summed E-state index contributed by atoms with van der Waals surface area (Å²) >= 11 is 0. The van der Waals surface area contributed by atoms with Gasteiger partial charge in [-0.25, -0.2) is 14.6 Å². The number of aliphatic hydroxyl groups excluding tert-OH is 1. The number of carbonyl (C=O) groups excluding carboxylic acids is 2. The van der Waals surface area contributed by atoms with Crippen molar-refractivity contribution in [2.75, 3.05) is 6.61 Å². The highest BCUT2D eigenvalue weighted by molar-refractivity contribution is 6.04. The predicted molar refractivity (Wildman–Crippen MR) is 89.7 cm³/mol. The molecule has 6 nitrogen and oxygen atoms in total. The molecule has 1 fully saturated rings. The molecule has 6 heteroatoms. The standard InChI is InChI=1S/C20H22O6/c1-8(2)14-16(21)9-4-5-12-11-7-24-19(23)10(11)6-13-20(12,3)15(9)18(17(14)22)26-25-13/h8,12-13,18,21H,4-7H2,1-3H3/t12-,13+,18-,20+/m0/s1. The van der Waals surface area contributed by atoms with E-state index in [0.717, 1.165) is 23.1 Å². The van der Waals surface area contributed by atoms with Gasteiger partial charge in [0, 0.05) is 23.0 Å². The van der Waals surface area contributed by atoms with Crippen molar-refractivity contribution in [1.82, 2.24) is 0 Å². The number of ketones is 1. The molecule has 2 aliphatic heterocycles. The van der Waals surface area contributed by atoms with E-state index in [0.29, 0.717) is 30.6 Å². The van der Waals surface area contributed by atoms with Crippen molar-refractivity contribution in [3.63, 3.8) is 0 Å². The number of hydrogen-bond donors (Lipinski definition) is 1. The maximum atomic E-state index is 13.0. The number of carbonyl (C=O) groups is 2. The van der Waals surface area contributed by atoms with Gasteiger partial charge in [-0.1, -0.05) is 20.8 Å². The number of allylic oxidation sites excluding steroid dienone is 1. The predicted octanol–water partition coefficient (Wildman–Crippen LogP) is 2.71. The van der Waals surface area contributed by atoms with Crippen LogP contribution in [0.3, 0.4) is 0 Å². The maximum absolute atomic E-state index is 13.0. The van der Waals surface area contributed by atoms with Gasteiger partial charge in [0.05, 0.1) is 0 Å². The number of ether oxygens (including phenoxy) is 1. The van der Waals surface area contributed by atoms with Crippen LogP contribution in [0.15, 0.2) is 33.6 Å². The zero-order chi connectivity index (χ0) is 18.4. The van der Waals surface area contributed by atoms with Crippen molar-refractivity contribution in [3.8, 4) is 0 Å². The van der Waals surface area contributed by atoms with Crippen LogP contribution in [0.2, 0.25) is 0 Å². The summed E-state index contributed by atoms with van der Waals surface area (Å²) < 4.78 is 5.28. The van der Waals surface area contributed by atoms with Crippen molar-refractivity contribution in [1.29, 1.82) is 0 Å². The lowest BCUT2D eigenvalue weighted by Crippen LogP contribution is -2.58. The molecular formula is C20H22O6. The lowest BCUT2D eigenvalue weighted by molar-refractivity contribution is -0.379. The molecule has 0 aromatic heterocycles. The Morgan fingerprint density at radius 3 is 2.69 bits per heavy atom. The van der Waals surface area contributed by atoms with Gasteiger partial charge in [0.1, 0.15) is 18.5 Å². The Morgan fingerprint density at radius 2 is 1.96 bits per heavy atom. The van der Waals surface area contributed by atoms with Gasteiger partial charge in [-0.15, -0.1) is 0 Å². The van der Waals surface area contributed by atoms with Gasteiger partial charge in [0.25, 0.3) is 0 Å². The van der Waals surface area contributed by atoms with E-state index in [1.165, 1.54) is 0 Å². The van der Waals surface area contributed by atoms with Crippen LogP contribution in [0, 0.1) is 17.3 Å². The number of hydrogen-bond acceptors (Lipinski definition) is 6. The Kier molecular flexibility index (Phi) is 3.18. The van der Waals surface area contributed by atoms with Gasteiger partial charge in [-0.2, -0.15) is 0 Å². The molecule has 5 aliphatic rings. The highest BCUT2D eigenvalue weighted by Crippen LogP contribution is 2.61. The lowest BCUT2D eigenvalue weighted by atomic mass is 9.52. The van der Waals surface area contributed by atoms with E-state index in [-0.39, 0.29) is 35.5 Å². The summed E-state index contributed by atoms with van der Waals surface area (Å²) in [5, 5.41) is 10.9. The number of aliphatic hydroxyl groups is 1.